The zero-order valence-electron chi connectivity index (χ0n) is 8.10. The third-order valence-electron chi connectivity index (χ3n) is 2.06. The molecule has 4 heteroatoms. The Bertz CT molecular complexity index is 531. The van der Waals surface area contributed by atoms with Crippen molar-refractivity contribution in [3.05, 3.63) is 46.3 Å². The minimum atomic E-state index is -0.568. The van der Waals surface area contributed by atoms with E-state index in [-0.39, 0.29) is 17.3 Å². The van der Waals surface area contributed by atoms with Crippen LogP contribution in [0.15, 0.2) is 39.5 Å². The lowest BCUT2D eigenvalue weighted by molar-refractivity contribution is 0.414. The van der Waals surface area contributed by atoms with Gasteiger partial charge < -0.3 is 9.52 Å². The highest BCUT2D eigenvalue weighted by molar-refractivity contribution is 5.53. The lowest BCUT2D eigenvalue weighted by Gasteiger charge is -2.00. The molecule has 0 saturated carbocycles. The molecule has 15 heavy (non-hydrogen) atoms. The quantitative estimate of drug-likeness (QED) is 0.766. The fraction of sp³-hybridized carbons (Fsp3) is 0.0909. The molecular weight excluding hydrogens is 194 g/mol. The van der Waals surface area contributed by atoms with E-state index in [2.05, 4.69) is 4.98 Å². The van der Waals surface area contributed by atoms with Gasteiger partial charge in [-0.25, -0.2) is 4.79 Å². The van der Waals surface area contributed by atoms with E-state index in [0.29, 0.717) is 5.56 Å². The Labute approximate surface area is 85.8 Å². The molecule has 0 spiro atoms. The average molecular weight is 203 g/mol. The van der Waals surface area contributed by atoms with E-state index in [9.17, 15) is 9.90 Å². The van der Waals surface area contributed by atoms with Crippen LogP contribution in [0, 0.1) is 6.92 Å². The summed E-state index contributed by atoms with van der Waals surface area (Å²) >= 11 is 0. The van der Waals surface area contributed by atoms with E-state index in [1.165, 1.54) is 6.92 Å². The van der Waals surface area contributed by atoms with E-state index < -0.39 is 5.63 Å². The van der Waals surface area contributed by atoms with E-state index in [4.69, 9.17) is 4.42 Å². The van der Waals surface area contributed by atoms with Crippen molar-refractivity contribution in [2.24, 2.45) is 0 Å². The lowest BCUT2D eigenvalue weighted by Crippen LogP contribution is -2.05. The first-order valence-corrected chi connectivity index (χ1v) is 4.44. The number of rotatable bonds is 1. The third-order valence-corrected chi connectivity index (χ3v) is 2.06. The van der Waals surface area contributed by atoms with Gasteiger partial charge in [0.05, 0.1) is 5.56 Å². The van der Waals surface area contributed by atoms with Gasteiger partial charge in [-0.1, -0.05) is 18.2 Å². The van der Waals surface area contributed by atoms with Crippen molar-refractivity contribution in [2.45, 2.75) is 6.92 Å². The van der Waals surface area contributed by atoms with Crippen molar-refractivity contribution in [1.82, 2.24) is 4.98 Å². The minimum absolute atomic E-state index is 0.120. The van der Waals surface area contributed by atoms with Crippen LogP contribution in [0.4, 0.5) is 0 Å². The van der Waals surface area contributed by atoms with Gasteiger partial charge in [-0.05, 0) is 19.1 Å². The summed E-state index contributed by atoms with van der Waals surface area (Å²) < 4.78 is 4.95. The fourth-order valence-electron chi connectivity index (χ4n) is 1.16. The summed E-state index contributed by atoms with van der Waals surface area (Å²) in [5, 5.41) is 9.37. The molecule has 0 aliphatic rings. The number of nitrogens with zero attached hydrogens (tertiary/aromatic N) is 1. The van der Waals surface area contributed by atoms with Gasteiger partial charge in [0.25, 0.3) is 0 Å². The average Bonchev–Trinajstić information content (AvgIpc) is 2.26. The maximum Gasteiger partial charge on any atom is 0.345 e. The zero-order chi connectivity index (χ0) is 10.8. The Morgan fingerprint density at radius 1 is 1.27 bits per heavy atom. The minimum Gasteiger partial charge on any atom is -0.493 e. The topological polar surface area (TPSA) is 63.3 Å². The van der Waals surface area contributed by atoms with E-state index >= 15 is 0 Å². The van der Waals surface area contributed by atoms with E-state index in [1.54, 1.807) is 24.3 Å². The summed E-state index contributed by atoms with van der Waals surface area (Å²) in [5.74, 6) is -0.159. The van der Waals surface area contributed by atoms with Gasteiger partial charge in [-0.3, -0.25) is 0 Å². The van der Waals surface area contributed by atoms with Gasteiger partial charge in [-0.15, -0.1) is 0 Å². The van der Waals surface area contributed by atoms with Crippen LogP contribution in [0.25, 0.3) is 11.5 Å². The van der Waals surface area contributed by atoms with Gasteiger partial charge in [0.1, 0.15) is 0 Å². The summed E-state index contributed by atoms with van der Waals surface area (Å²) in [4.78, 5) is 15.1. The monoisotopic (exact) mass is 203 g/mol. The van der Waals surface area contributed by atoms with Crippen molar-refractivity contribution < 1.29 is 9.52 Å². The summed E-state index contributed by atoms with van der Waals surface area (Å²) in [6, 6.07) is 8.94. The number of aromatic nitrogens is 1. The Hall–Kier alpha value is -2.10. The Morgan fingerprint density at radius 3 is 2.53 bits per heavy atom. The number of hydrogen-bond donors (Lipinski definition) is 1. The van der Waals surface area contributed by atoms with Gasteiger partial charge in [0.15, 0.2) is 0 Å². The van der Waals surface area contributed by atoms with Crippen molar-refractivity contribution in [2.75, 3.05) is 0 Å². The maximum absolute atomic E-state index is 11.3. The summed E-state index contributed by atoms with van der Waals surface area (Å²) in [5.41, 5.74) is 0.209. The predicted octanol–water partition coefficient (Wildman–Crippen LogP) is 1.72. The SMILES string of the molecule is Cc1c(O)nc(-c2ccccc2)oc1=O. The second-order valence-electron chi connectivity index (χ2n) is 3.12. The highest BCUT2D eigenvalue weighted by atomic mass is 16.4. The van der Waals surface area contributed by atoms with Gasteiger partial charge in [-0.2, -0.15) is 4.98 Å². The second-order valence-corrected chi connectivity index (χ2v) is 3.12. The first-order chi connectivity index (χ1) is 7.18. The molecule has 0 aliphatic heterocycles. The van der Waals surface area contributed by atoms with Crippen LogP contribution in [0.1, 0.15) is 5.56 Å². The normalized spacial score (nSPS) is 10.2. The molecule has 1 aromatic carbocycles. The molecule has 4 nitrogen and oxygen atoms in total. The number of hydrogen-bond acceptors (Lipinski definition) is 4. The molecule has 0 amide bonds. The summed E-state index contributed by atoms with van der Waals surface area (Å²) in [7, 11) is 0. The predicted molar refractivity (Wildman–Crippen MR) is 54.6 cm³/mol. The lowest BCUT2D eigenvalue weighted by atomic mass is 10.2. The largest absolute Gasteiger partial charge is 0.493 e. The molecule has 0 aliphatic carbocycles. The van der Waals surface area contributed by atoms with Crippen LogP contribution >= 0.6 is 0 Å². The first kappa shape index (κ1) is 9.45. The number of benzene rings is 1. The zero-order valence-corrected chi connectivity index (χ0v) is 8.10. The third kappa shape index (κ3) is 1.74. The number of aromatic hydroxyl groups is 1. The molecule has 2 aromatic rings. The van der Waals surface area contributed by atoms with Crippen LogP contribution in [-0.4, -0.2) is 10.1 Å². The molecule has 0 fully saturated rings. The molecule has 0 unspecified atom stereocenters. The highest BCUT2D eigenvalue weighted by Crippen LogP contribution is 2.18. The molecule has 0 bridgehead atoms. The van der Waals surface area contributed by atoms with Gasteiger partial charge in [0.2, 0.25) is 11.8 Å². The van der Waals surface area contributed by atoms with Crippen molar-refractivity contribution >= 4 is 0 Å². The molecule has 1 heterocycles. The highest BCUT2D eigenvalue weighted by Gasteiger charge is 2.09. The first-order valence-electron chi connectivity index (χ1n) is 4.44. The molecule has 2 rings (SSSR count). The van der Waals surface area contributed by atoms with Crippen LogP contribution in [-0.2, 0) is 0 Å². The maximum atomic E-state index is 11.3. The molecule has 76 valence electrons. The molecule has 0 saturated heterocycles. The van der Waals surface area contributed by atoms with Crippen molar-refractivity contribution in [1.29, 1.82) is 0 Å². The van der Waals surface area contributed by atoms with Crippen LogP contribution in [0.2, 0.25) is 0 Å². The smallest absolute Gasteiger partial charge is 0.345 e. The van der Waals surface area contributed by atoms with Gasteiger partial charge >= 0.3 is 5.63 Å². The molecule has 0 atom stereocenters. The van der Waals surface area contributed by atoms with Crippen LogP contribution in [0.3, 0.4) is 0 Å². The molecule has 1 aromatic heterocycles. The molecule has 1 N–H and O–H groups in total. The van der Waals surface area contributed by atoms with E-state index in [0.717, 1.165) is 0 Å². The molecular formula is C11H9NO3. The van der Waals surface area contributed by atoms with Crippen LogP contribution < -0.4 is 5.63 Å². The summed E-state index contributed by atoms with van der Waals surface area (Å²) in [6.45, 7) is 1.46. The van der Waals surface area contributed by atoms with Gasteiger partial charge in [0, 0.05) is 5.56 Å². The fourth-order valence-corrected chi connectivity index (χ4v) is 1.16. The molecule has 0 radical (unpaired) electrons. The Kier molecular flexibility index (Phi) is 2.25. The second kappa shape index (κ2) is 3.57. The Balaban J connectivity index is 2.61. The van der Waals surface area contributed by atoms with Crippen molar-refractivity contribution in [3.8, 4) is 17.3 Å². The van der Waals surface area contributed by atoms with E-state index in [1.807, 2.05) is 6.07 Å². The van der Waals surface area contributed by atoms with Crippen LogP contribution in [0.5, 0.6) is 5.88 Å². The standard InChI is InChI=1S/C11H9NO3/c1-7-9(13)12-10(15-11(7)14)8-5-3-2-4-6-8/h2-6,13H,1H3. The Morgan fingerprint density at radius 2 is 1.93 bits per heavy atom. The van der Waals surface area contributed by atoms with Crippen molar-refractivity contribution in [3.63, 3.8) is 0 Å². The summed E-state index contributed by atoms with van der Waals surface area (Å²) in [6.07, 6.45) is 0.